The zero-order chi connectivity index (χ0) is 27.2. The summed E-state index contributed by atoms with van der Waals surface area (Å²) in [7, 11) is -1.28. The van der Waals surface area contributed by atoms with Crippen molar-refractivity contribution in [2.45, 2.75) is 69.9 Å². The molecule has 0 unspecified atom stereocenters. The molecular formula is C30H41Cl2NO3Si. The molecule has 4 nitrogen and oxygen atoms in total. The maximum Gasteiger partial charge on any atom is 0.232 e. The van der Waals surface area contributed by atoms with Crippen molar-refractivity contribution in [1.29, 1.82) is 0 Å². The number of carbonyl (C=O) groups is 1. The number of benzene rings is 2. The third-order valence-electron chi connectivity index (χ3n) is 7.45. The number of likely N-dealkylation sites (tertiary alicyclic amines) is 1. The normalized spacial score (nSPS) is 23.2. The van der Waals surface area contributed by atoms with Gasteiger partial charge in [-0.3, -0.25) is 4.79 Å². The second-order valence-electron chi connectivity index (χ2n) is 11.5. The van der Waals surface area contributed by atoms with Gasteiger partial charge in [-0.25, -0.2) is 0 Å². The summed E-state index contributed by atoms with van der Waals surface area (Å²) in [5.74, 6) is -0.0433. The number of ether oxygens (including phenoxy) is 1. The Labute approximate surface area is 233 Å². The van der Waals surface area contributed by atoms with Crippen LogP contribution in [0.1, 0.15) is 49.3 Å². The molecule has 0 aliphatic carbocycles. The lowest BCUT2D eigenvalue weighted by Crippen LogP contribution is -2.58. The summed E-state index contributed by atoms with van der Waals surface area (Å²) < 4.78 is 6.27. The Bertz CT molecular complexity index is 1050. The summed E-state index contributed by atoms with van der Waals surface area (Å²) in [4.78, 5) is 16.4. The van der Waals surface area contributed by atoms with Gasteiger partial charge in [0.25, 0.3) is 0 Å². The molecule has 0 bridgehead atoms. The number of rotatable bonds is 12. The minimum atomic E-state index is -1.28. The van der Waals surface area contributed by atoms with Crippen molar-refractivity contribution in [3.05, 3.63) is 82.4 Å². The van der Waals surface area contributed by atoms with Crippen molar-refractivity contribution < 1.29 is 14.6 Å². The van der Waals surface area contributed by atoms with E-state index in [1.54, 1.807) is 0 Å². The molecule has 3 rings (SSSR count). The van der Waals surface area contributed by atoms with Crippen LogP contribution in [-0.2, 0) is 9.53 Å². The fourth-order valence-corrected chi connectivity index (χ4v) is 6.46. The number of amides is 1. The van der Waals surface area contributed by atoms with E-state index < -0.39 is 13.5 Å². The Morgan fingerprint density at radius 1 is 1.16 bits per heavy atom. The summed E-state index contributed by atoms with van der Waals surface area (Å²) in [6.07, 6.45) is 3.56. The first-order valence-corrected chi connectivity index (χ1v) is 17.6. The predicted octanol–water partition coefficient (Wildman–Crippen LogP) is 7.74. The number of aliphatic hydroxyl groups is 1. The molecule has 1 N–H and O–H groups in total. The molecule has 4 atom stereocenters. The quantitative estimate of drug-likeness (QED) is 0.164. The number of aliphatic hydroxyl groups excluding tert-OH is 1. The lowest BCUT2D eigenvalue weighted by Gasteiger charge is -2.52. The molecule has 0 radical (unpaired) electrons. The Balaban J connectivity index is 2.14. The minimum absolute atomic E-state index is 0.0135. The van der Waals surface area contributed by atoms with E-state index in [0.29, 0.717) is 42.5 Å². The van der Waals surface area contributed by atoms with Crippen LogP contribution in [0.15, 0.2) is 61.2 Å². The standard InChI is InChI=1S/C30H41Cl2NO3Si/c1-6-15-30(21-36-16-17-37(3,4)5)19-27(23-9-8-10-25(32)18-23)28(22-11-13-24(31)14-12-22)33(29(30)35)26(7-2)20-34/h6,8-14,18,26-28,34H,1,7,15-17,19-21H2,2-5H3/t26-,27+,28+,30-/m0/s1. The summed E-state index contributed by atoms with van der Waals surface area (Å²) in [5, 5.41) is 11.7. The second kappa shape index (κ2) is 12.9. The third kappa shape index (κ3) is 7.27. The summed E-state index contributed by atoms with van der Waals surface area (Å²) in [6, 6.07) is 16.0. The molecule has 0 spiro atoms. The monoisotopic (exact) mass is 561 g/mol. The number of piperidine rings is 1. The minimum Gasteiger partial charge on any atom is -0.394 e. The van der Waals surface area contributed by atoms with Gasteiger partial charge in [0, 0.05) is 30.6 Å². The molecule has 1 aliphatic heterocycles. The molecule has 202 valence electrons. The van der Waals surface area contributed by atoms with Crippen LogP contribution in [0.4, 0.5) is 0 Å². The first-order valence-electron chi connectivity index (χ1n) is 13.2. The van der Waals surface area contributed by atoms with E-state index in [9.17, 15) is 9.90 Å². The molecule has 0 saturated carbocycles. The van der Waals surface area contributed by atoms with Gasteiger partial charge >= 0.3 is 0 Å². The third-order valence-corrected chi connectivity index (χ3v) is 9.64. The van der Waals surface area contributed by atoms with Crippen LogP contribution in [0.3, 0.4) is 0 Å². The largest absolute Gasteiger partial charge is 0.394 e. The Hall–Kier alpha value is -1.63. The maximum absolute atomic E-state index is 14.5. The highest BCUT2D eigenvalue weighted by molar-refractivity contribution is 6.76. The van der Waals surface area contributed by atoms with Crippen molar-refractivity contribution in [3.63, 3.8) is 0 Å². The van der Waals surface area contributed by atoms with Gasteiger partial charge in [0.05, 0.1) is 30.7 Å². The van der Waals surface area contributed by atoms with Crippen molar-refractivity contribution in [1.82, 2.24) is 4.90 Å². The van der Waals surface area contributed by atoms with Gasteiger partial charge in [-0.1, -0.05) is 80.1 Å². The van der Waals surface area contributed by atoms with Crippen molar-refractivity contribution >= 4 is 37.2 Å². The number of carbonyl (C=O) groups excluding carboxylic acids is 1. The van der Waals surface area contributed by atoms with E-state index in [2.05, 4.69) is 32.3 Å². The van der Waals surface area contributed by atoms with Gasteiger partial charge in [0.15, 0.2) is 0 Å². The van der Waals surface area contributed by atoms with Crippen LogP contribution in [0.5, 0.6) is 0 Å². The number of hydrogen-bond acceptors (Lipinski definition) is 3. The molecule has 2 aromatic rings. The molecular weight excluding hydrogens is 521 g/mol. The predicted molar refractivity (Wildman–Crippen MR) is 157 cm³/mol. The molecule has 1 amide bonds. The molecule has 1 aliphatic rings. The number of nitrogens with zero attached hydrogens (tertiary/aromatic N) is 1. The van der Waals surface area contributed by atoms with Crippen molar-refractivity contribution in [2.75, 3.05) is 19.8 Å². The van der Waals surface area contributed by atoms with Gasteiger partial charge in [-0.05, 0) is 60.7 Å². The highest BCUT2D eigenvalue weighted by atomic mass is 35.5. The van der Waals surface area contributed by atoms with E-state index in [0.717, 1.165) is 17.2 Å². The molecule has 1 heterocycles. The summed E-state index contributed by atoms with van der Waals surface area (Å²) in [5.41, 5.74) is 1.27. The number of allylic oxidation sites excluding steroid dienone is 1. The molecule has 1 fully saturated rings. The van der Waals surface area contributed by atoms with Crippen LogP contribution >= 0.6 is 23.2 Å². The Kier molecular flexibility index (Phi) is 10.5. The van der Waals surface area contributed by atoms with Crippen LogP contribution in [0.2, 0.25) is 35.7 Å². The number of halogens is 2. The van der Waals surface area contributed by atoms with Gasteiger partial charge < -0.3 is 14.7 Å². The van der Waals surface area contributed by atoms with Crippen molar-refractivity contribution in [2.24, 2.45) is 5.41 Å². The van der Waals surface area contributed by atoms with E-state index in [4.69, 9.17) is 27.9 Å². The van der Waals surface area contributed by atoms with E-state index in [1.165, 1.54) is 0 Å². The van der Waals surface area contributed by atoms with Gasteiger partial charge in [0.2, 0.25) is 5.91 Å². The highest BCUT2D eigenvalue weighted by Crippen LogP contribution is 2.52. The van der Waals surface area contributed by atoms with E-state index in [1.807, 2.05) is 60.4 Å². The van der Waals surface area contributed by atoms with Gasteiger partial charge in [0.1, 0.15) is 0 Å². The lowest BCUT2D eigenvalue weighted by atomic mass is 9.66. The fraction of sp³-hybridized carbons (Fsp3) is 0.500. The second-order valence-corrected chi connectivity index (χ2v) is 17.9. The smallest absolute Gasteiger partial charge is 0.232 e. The zero-order valence-corrected chi connectivity index (χ0v) is 25.1. The van der Waals surface area contributed by atoms with Crippen LogP contribution in [-0.4, -0.2) is 49.8 Å². The van der Waals surface area contributed by atoms with Crippen LogP contribution in [0.25, 0.3) is 0 Å². The average molecular weight is 563 g/mol. The van der Waals surface area contributed by atoms with Gasteiger partial charge in [-0.2, -0.15) is 0 Å². The van der Waals surface area contributed by atoms with E-state index in [-0.39, 0.29) is 30.5 Å². The van der Waals surface area contributed by atoms with Crippen LogP contribution in [0, 0.1) is 5.41 Å². The Morgan fingerprint density at radius 2 is 1.86 bits per heavy atom. The Morgan fingerprint density at radius 3 is 2.43 bits per heavy atom. The molecule has 0 aromatic heterocycles. The molecule has 2 aromatic carbocycles. The first-order chi connectivity index (χ1) is 17.5. The fourth-order valence-electron chi connectivity index (χ4n) is 5.38. The molecule has 1 saturated heterocycles. The summed E-state index contributed by atoms with van der Waals surface area (Å²) in [6.45, 7) is 13.8. The van der Waals surface area contributed by atoms with Crippen LogP contribution < -0.4 is 0 Å². The molecule has 37 heavy (non-hydrogen) atoms. The summed E-state index contributed by atoms with van der Waals surface area (Å²) >= 11 is 12.7. The average Bonchev–Trinajstić information content (AvgIpc) is 2.85. The molecule has 7 heteroatoms. The zero-order valence-electron chi connectivity index (χ0n) is 22.6. The first kappa shape index (κ1) is 29.9. The van der Waals surface area contributed by atoms with Crippen molar-refractivity contribution in [3.8, 4) is 0 Å². The highest BCUT2D eigenvalue weighted by Gasteiger charge is 2.53. The lowest BCUT2D eigenvalue weighted by molar-refractivity contribution is -0.162. The SMILES string of the molecule is C=CC[C@@]1(COCC[Si](C)(C)C)C[C@H](c2cccc(Cl)c2)[C@@H](c2ccc(Cl)cc2)N([C@@H](CC)CO)C1=O. The number of hydrogen-bond donors (Lipinski definition) is 1. The van der Waals surface area contributed by atoms with E-state index >= 15 is 0 Å². The topological polar surface area (TPSA) is 49.8 Å². The van der Waals surface area contributed by atoms with Gasteiger partial charge in [-0.15, -0.1) is 6.58 Å². The maximum atomic E-state index is 14.5.